The lowest BCUT2D eigenvalue weighted by Gasteiger charge is -2.43. The third-order valence-corrected chi connectivity index (χ3v) is 7.97. The number of nitrogen functional groups attached to an aromatic ring is 1. The Morgan fingerprint density at radius 1 is 1.10 bits per heavy atom. The number of aromatic amines is 1. The van der Waals surface area contributed by atoms with E-state index in [1.807, 2.05) is 0 Å². The van der Waals surface area contributed by atoms with Crippen molar-refractivity contribution in [1.29, 1.82) is 0 Å². The van der Waals surface area contributed by atoms with Crippen molar-refractivity contribution in [1.82, 2.24) is 15.5 Å². The number of nitrogens with two attached hydrogens (primary N) is 1. The molecule has 2 aliphatic heterocycles. The first-order valence-corrected chi connectivity index (χ1v) is 10.6. The largest absolute Gasteiger partial charge is 0.382 e. The van der Waals surface area contributed by atoms with Gasteiger partial charge >= 0.3 is 0 Å². The summed E-state index contributed by atoms with van der Waals surface area (Å²) >= 11 is 0. The number of nitrogens with zero attached hydrogens (tertiary/aromatic N) is 1. The molecule has 4 aliphatic rings. The third kappa shape index (κ3) is 2.01. The molecule has 2 aliphatic carbocycles. The van der Waals surface area contributed by atoms with Crippen LogP contribution in [0.5, 0.6) is 0 Å². The number of carbonyl (C=O) groups excluding carboxylic acids is 1. The lowest BCUT2D eigenvalue weighted by molar-refractivity contribution is 0.0965. The monoisotopic (exact) mass is 385 g/mol. The van der Waals surface area contributed by atoms with E-state index in [9.17, 15) is 4.79 Å². The molecule has 3 heterocycles. The molecule has 5 atom stereocenters. The first-order chi connectivity index (χ1) is 14.2. The van der Waals surface area contributed by atoms with E-state index in [2.05, 4.69) is 51.2 Å². The van der Waals surface area contributed by atoms with E-state index >= 15 is 0 Å². The van der Waals surface area contributed by atoms with Crippen LogP contribution < -0.4 is 16.4 Å². The van der Waals surface area contributed by atoms with Crippen LogP contribution in [0.25, 0.3) is 10.9 Å². The van der Waals surface area contributed by atoms with Crippen LogP contribution in [0.3, 0.4) is 0 Å². The zero-order valence-electron chi connectivity index (χ0n) is 16.0. The highest BCUT2D eigenvalue weighted by Crippen LogP contribution is 2.64. The standard InChI is InChI=1S/C23H23N5O/c24-22-16-6-12(3-4-17(16)27-28-22)21-20-11-2-1-10(5-11)19(20)15-8-14-13(7-18(15)26-21)9-25-23(14)29/h3-4,6-8,10-11,19-21,26H,1-2,5,9H2,(H,25,29)(H3,24,27,28)/t10?,11?,19-,20-,21+/m1/s1. The smallest absolute Gasteiger partial charge is 0.251 e. The Hall–Kier alpha value is -3.02. The molecule has 5 N–H and O–H groups in total. The second-order valence-corrected chi connectivity index (χ2v) is 9.25. The van der Waals surface area contributed by atoms with Gasteiger partial charge in [0.1, 0.15) is 0 Å². The number of hydrogen-bond donors (Lipinski definition) is 4. The molecule has 1 amide bonds. The number of fused-ring (bicyclic) bond motifs is 9. The number of rotatable bonds is 1. The van der Waals surface area contributed by atoms with Crippen molar-refractivity contribution in [2.45, 2.75) is 37.8 Å². The van der Waals surface area contributed by atoms with Gasteiger partial charge in [0.15, 0.2) is 5.82 Å². The summed E-state index contributed by atoms with van der Waals surface area (Å²) in [5, 5.41) is 15.0. The SMILES string of the molecule is Nc1n[nH]c2ccc([C@@H]3Nc4cc5c(cc4[C@H]4C6CCC(C6)[C@@H]34)C(=O)NC5)cc12. The van der Waals surface area contributed by atoms with Crippen LogP contribution in [0.2, 0.25) is 0 Å². The van der Waals surface area contributed by atoms with E-state index < -0.39 is 0 Å². The van der Waals surface area contributed by atoms with Crippen LogP contribution in [0.15, 0.2) is 30.3 Å². The molecule has 2 aromatic carbocycles. The number of anilines is 2. The second-order valence-electron chi connectivity index (χ2n) is 9.25. The number of benzene rings is 2. The van der Waals surface area contributed by atoms with E-state index in [1.54, 1.807) is 0 Å². The van der Waals surface area contributed by atoms with Crippen LogP contribution in [-0.2, 0) is 6.54 Å². The maximum absolute atomic E-state index is 12.3. The third-order valence-electron chi connectivity index (χ3n) is 7.97. The molecule has 1 aromatic heterocycles. The van der Waals surface area contributed by atoms with Gasteiger partial charge in [-0.15, -0.1) is 0 Å². The summed E-state index contributed by atoms with van der Waals surface area (Å²) in [5.74, 6) is 3.21. The van der Waals surface area contributed by atoms with Crippen molar-refractivity contribution in [2.75, 3.05) is 11.1 Å². The minimum absolute atomic E-state index is 0.0746. The fraction of sp³-hybridized carbons (Fsp3) is 0.391. The Bertz CT molecular complexity index is 1200. The average Bonchev–Trinajstić information content (AvgIpc) is 3.51. The summed E-state index contributed by atoms with van der Waals surface area (Å²) in [5.41, 5.74) is 12.9. The first kappa shape index (κ1) is 15.9. The second kappa shape index (κ2) is 5.32. The Morgan fingerprint density at radius 2 is 2.00 bits per heavy atom. The molecule has 0 radical (unpaired) electrons. The normalized spacial score (nSPS) is 31.3. The molecule has 6 heteroatoms. The summed E-state index contributed by atoms with van der Waals surface area (Å²) in [6, 6.07) is 11.2. The number of amides is 1. The van der Waals surface area contributed by atoms with Crippen molar-refractivity contribution in [2.24, 2.45) is 17.8 Å². The Morgan fingerprint density at radius 3 is 2.93 bits per heavy atom. The van der Waals surface area contributed by atoms with Gasteiger partial charge in [0, 0.05) is 23.2 Å². The lowest BCUT2D eigenvalue weighted by atomic mass is 9.67. The van der Waals surface area contributed by atoms with Crippen molar-refractivity contribution < 1.29 is 4.79 Å². The molecule has 2 bridgehead atoms. The molecule has 2 fully saturated rings. The zero-order chi connectivity index (χ0) is 19.3. The van der Waals surface area contributed by atoms with Gasteiger partial charge < -0.3 is 16.4 Å². The van der Waals surface area contributed by atoms with Crippen LogP contribution in [0.4, 0.5) is 11.5 Å². The van der Waals surface area contributed by atoms with Gasteiger partial charge in [-0.05, 0) is 83.9 Å². The molecule has 146 valence electrons. The molecular formula is C23H23N5O. The highest BCUT2D eigenvalue weighted by molar-refractivity contribution is 5.99. The first-order valence-electron chi connectivity index (χ1n) is 10.6. The molecule has 2 unspecified atom stereocenters. The number of hydrogen-bond acceptors (Lipinski definition) is 4. The van der Waals surface area contributed by atoms with Crippen LogP contribution in [0, 0.1) is 17.8 Å². The molecule has 0 saturated heterocycles. The molecule has 0 spiro atoms. The van der Waals surface area contributed by atoms with Gasteiger partial charge in [-0.1, -0.05) is 6.07 Å². The number of carbonyl (C=O) groups is 1. The van der Waals surface area contributed by atoms with Gasteiger partial charge in [-0.3, -0.25) is 9.89 Å². The summed E-state index contributed by atoms with van der Waals surface area (Å²) in [6.45, 7) is 0.630. The van der Waals surface area contributed by atoms with Gasteiger partial charge in [-0.25, -0.2) is 0 Å². The van der Waals surface area contributed by atoms with Crippen LogP contribution >= 0.6 is 0 Å². The van der Waals surface area contributed by atoms with E-state index in [-0.39, 0.29) is 11.9 Å². The minimum atomic E-state index is 0.0746. The van der Waals surface area contributed by atoms with Gasteiger partial charge in [-0.2, -0.15) is 5.10 Å². The predicted molar refractivity (Wildman–Crippen MR) is 112 cm³/mol. The maximum Gasteiger partial charge on any atom is 0.251 e. The van der Waals surface area contributed by atoms with E-state index in [0.29, 0.717) is 24.2 Å². The van der Waals surface area contributed by atoms with Crippen LogP contribution in [0.1, 0.15) is 58.3 Å². The molecule has 7 rings (SSSR count). The fourth-order valence-electron chi connectivity index (χ4n) is 6.78. The van der Waals surface area contributed by atoms with E-state index in [1.165, 1.54) is 36.1 Å². The summed E-state index contributed by atoms with van der Waals surface area (Å²) < 4.78 is 0. The molecule has 29 heavy (non-hydrogen) atoms. The number of aromatic nitrogens is 2. The quantitative estimate of drug-likeness (QED) is 0.514. The molecule has 3 aromatic rings. The fourth-order valence-corrected chi connectivity index (χ4v) is 6.78. The molecule has 6 nitrogen and oxygen atoms in total. The van der Waals surface area contributed by atoms with E-state index in [0.717, 1.165) is 33.9 Å². The summed E-state index contributed by atoms with van der Waals surface area (Å²) in [4.78, 5) is 12.3. The zero-order valence-corrected chi connectivity index (χ0v) is 16.0. The van der Waals surface area contributed by atoms with Crippen molar-refractivity contribution in [3.8, 4) is 0 Å². The Balaban J connectivity index is 1.40. The lowest BCUT2D eigenvalue weighted by Crippen LogP contribution is -2.35. The number of H-pyrrole nitrogens is 1. The van der Waals surface area contributed by atoms with Crippen molar-refractivity contribution >= 4 is 28.3 Å². The minimum Gasteiger partial charge on any atom is -0.382 e. The summed E-state index contributed by atoms with van der Waals surface area (Å²) in [7, 11) is 0. The van der Waals surface area contributed by atoms with Gasteiger partial charge in [0.05, 0.1) is 11.6 Å². The van der Waals surface area contributed by atoms with Crippen molar-refractivity contribution in [3.05, 3.63) is 52.6 Å². The van der Waals surface area contributed by atoms with Gasteiger partial charge in [0.2, 0.25) is 0 Å². The highest BCUT2D eigenvalue weighted by atomic mass is 16.1. The number of nitrogens with one attached hydrogen (secondary N) is 3. The van der Waals surface area contributed by atoms with E-state index in [4.69, 9.17) is 5.73 Å². The highest BCUT2D eigenvalue weighted by Gasteiger charge is 2.54. The predicted octanol–water partition coefficient (Wildman–Crippen LogP) is 3.69. The average molecular weight is 385 g/mol. The Labute approximate surface area is 168 Å². The summed E-state index contributed by atoms with van der Waals surface area (Å²) in [6.07, 6.45) is 3.95. The van der Waals surface area contributed by atoms with Gasteiger partial charge in [0.25, 0.3) is 5.91 Å². The molecular weight excluding hydrogens is 362 g/mol. The van der Waals surface area contributed by atoms with Crippen molar-refractivity contribution in [3.63, 3.8) is 0 Å². The Kier molecular flexibility index (Phi) is 2.91. The van der Waals surface area contributed by atoms with Crippen LogP contribution in [-0.4, -0.2) is 16.1 Å². The molecule has 2 saturated carbocycles. The topological polar surface area (TPSA) is 95.8 Å². The maximum atomic E-state index is 12.3.